The Morgan fingerprint density at radius 3 is 2.38 bits per heavy atom. The SMILES string of the molecule is O=C(NCc1ccc(C(F)(F)F)cc1)NC1CCNCC1. The van der Waals surface area contributed by atoms with Gasteiger partial charge in [0, 0.05) is 12.6 Å². The van der Waals surface area contributed by atoms with Gasteiger partial charge in [0.2, 0.25) is 0 Å². The molecule has 0 bridgehead atoms. The van der Waals surface area contributed by atoms with Crippen molar-refractivity contribution in [2.45, 2.75) is 31.6 Å². The normalized spacial score (nSPS) is 16.5. The Morgan fingerprint density at radius 2 is 1.81 bits per heavy atom. The van der Waals surface area contributed by atoms with Crippen LogP contribution in [0.3, 0.4) is 0 Å². The van der Waals surface area contributed by atoms with Gasteiger partial charge in [-0.25, -0.2) is 4.79 Å². The third kappa shape index (κ3) is 4.93. The first-order chi connectivity index (χ1) is 9.95. The second-order valence-electron chi connectivity index (χ2n) is 5.05. The molecule has 2 amide bonds. The number of hydrogen-bond acceptors (Lipinski definition) is 2. The lowest BCUT2D eigenvalue weighted by Crippen LogP contribution is -2.46. The van der Waals surface area contributed by atoms with E-state index in [0.29, 0.717) is 5.56 Å². The van der Waals surface area contributed by atoms with Gasteiger partial charge in [-0.2, -0.15) is 13.2 Å². The third-order valence-electron chi connectivity index (χ3n) is 3.41. The van der Waals surface area contributed by atoms with E-state index in [9.17, 15) is 18.0 Å². The van der Waals surface area contributed by atoms with Crippen LogP contribution in [0.25, 0.3) is 0 Å². The molecule has 7 heteroatoms. The fraction of sp³-hybridized carbons (Fsp3) is 0.500. The molecule has 1 fully saturated rings. The van der Waals surface area contributed by atoms with E-state index in [4.69, 9.17) is 0 Å². The summed E-state index contributed by atoms with van der Waals surface area (Å²) in [6, 6.07) is 4.63. The minimum absolute atomic E-state index is 0.152. The molecular weight excluding hydrogens is 283 g/mol. The van der Waals surface area contributed by atoms with Gasteiger partial charge < -0.3 is 16.0 Å². The lowest BCUT2D eigenvalue weighted by atomic mass is 10.1. The van der Waals surface area contributed by atoms with E-state index in [-0.39, 0.29) is 18.6 Å². The zero-order valence-electron chi connectivity index (χ0n) is 11.5. The highest BCUT2D eigenvalue weighted by atomic mass is 19.4. The summed E-state index contributed by atoms with van der Waals surface area (Å²) in [4.78, 5) is 11.7. The summed E-state index contributed by atoms with van der Waals surface area (Å²) in [5, 5.41) is 8.71. The highest BCUT2D eigenvalue weighted by Crippen LogP contribution is 2.28. The Balaban J connectivity index is 1.78. The van der Waals surface area contributed by atoms with Crippen LogP contribution >= 0.6 is 0 Å². The highest BCUT2D eigenvalue weighted by Gasteiger charge is 2.29. The van der Waals surface area contributed by atoms with Crippen LogP contribution in [0, 0.1) is 0 Å². The van der Waals surface area contributed by atoms with E-state index >= 15 is 0 Å². The number of piperidine rings is 1. The van der Waals surface area contributed by atoms with Crippen molar-refractivity contribution in [3.05, 3.63) is 35.4 Å². The maximum absolute atomic E-state index is 12.4. The molecule has 1 aromatic rings. The average Bonchev–Trinajstić information content (AvgIpc) is 2.46. The first-order valence-corrected chi connectivity index (χ1v) is 6.86. The monoisotopic (exact) mass is 301 g/mol. The van der Waals surface area contributed by atoms with Gasteiger partial charge in [0.15, 0.2) is 0 Å². The number of alkyl halides is 3. The van der Waals surface area contributed by atoms with Crippen LogP contribution in [-0.2, 0) is 12.7 Å². The van der Waals surface area contributed by atoms with Crippen LogP contribution in [0.15, 0.2) is 24.3 Å². The molecule has 0 atom stereocenters. The van der Waals surface area contributed by atoms with Crippen LogP contribution in [0.1, 0.15) is 24.0 Å². The van der Waals surface area contributed by atoms with Crippen LogP contribution in [0.4, 0.5) is 18.0 Å². The van der Waals surface area contributed by atoms with Gasteiger partial charge in [0.05, 0.1) is 5.56 Å². The van der Waals surface area contributed by atoms with Gasteiger partial charge in [0.25, 0.3) is 0 Å². The van der Waals surface area contributed by atoms with E-state index in [1.165, 1.54) is 12.1 Å². The summed E-state index contributed by atoms with van der Waals surface area (Å²) >= 11 is 0. The Hall–Kier alpha value is -1.76. The second kappa shape index (κ2) is 6.80. The lowest BCUT2D eigenvalue weighted by Gasteiger charge is -2.23. The number of carbonyl (C=O) groups is 1. The molecule has 21 heavy (non-hydrogen) atoms. The van der Waals surface area contributed by atoms with E-state index in [2.05, 4.69) is 16.0 Å². The Kier molecular flexibility index (Phi) is 5.06. The summed E-state index contributed by atoms with van der Waals surface area (Å²) in [6.07, 6.45) is -2.57. The second-order valence-corrected chi connectivity index (χ2v) is 5.05. The van der Waals surface area contributed by atoms with Gasteiger partial charge in [-0.3, -0.25) is 0 Å². The summed E-state index contributed by atoms with van der Waals surface area (Å²) in [6.45, 7) is 1.96. The molecule has 4 nitrogen and oxygen atoms in total. The number of carbonyl (C=O) groups excluding carboxylic acids is 1. The summed E-state index contributed by atoms with van der Waals surface area (Å²) in [7, 11) is 0. The maximum Gasteiger partial charge on any atom is 0.416 e. The minimum atomic E-state index is -4.33. The van der Waals surface area contributed by atoms with Crippen LogP contribution in [0.5, 0.6) is 0 Å². The van der Waals surface area contributed by atoms with E-state index < -0.39 is 11.7 Å². The van der Waals surface area contributed by atoms with Gasteiger partial charge in [-0.05, 0) is 43.6 Å². The average molecular weight is 301 g/mol. The smallest absolute Gasteiger partial charge is 0.335 e. The topological polar surface area (TPSA) is 53.2 Å². The van der Waals surface area contributed by atoms with Crippen LogP contribution < -0.4 is 16.0 Å². The molecule has 0 radical (unpaired) electrons. The zero-order valence-corrected chi connectivity index (χ0v) is 11.5. The Labute approximate surface area is 121 Å². The van der Waals surface area contributed by atoms with E-state index in [0.717, 1.165) is 38.1 Å². The molecule has 116 valence electrons. The molecule has 1 aliphatic rings. The number of benzene rings is 1. The van der Waals surface area contributed by atoms with Crippen molar-refractivity contribution >= 4 is 6.03 Å². The van der Waals surface area contributed by atoms with Crippen molar-refractivity contribution in [2.24, 2.45) is 0 Å². The van der Waals surface area contributed by atoms with Crippen molar-refractivity contribution in [3.8, 4) is 0 Å². The fourth-order valence-corrected chi connectivity index (χ4v) is 2.20. The Bertz CT molecular complexity index is 467. The van der Waals surface area contributed by atoms with Crippen molar-refractivity contribution in [2.75, 3.05) is 13.1 Å². The van der Waals surface area contributed by atoms with E-state index in [1.54, 1.807) is 0 Å². The van der Waals surface area contributed by atoms with Gasteiger partial charge in [-0.15, -0.1) is 0 Å². The third-order valence-corrected chi connectivity index (χ3v) is 3.41. The molecule has 1 aliphatic heterocycles. The standard InChI is InChI=1S/C14H18F3N3O/c15-14(16,17)11-3-1-10(2-4-11)9-19-13(21)20-12-5-7-18-8-6-12/h1-4,12,18H,5-9H2,(H2,19,20,21). The predicted molar refractivity (Wildman–Crippen MR) is 72.7 cm³/mol. The molecule has 1 heterocycles. The van der Waals surface area contributed by atoms with Gasteiger partial charge in [-0.1, -0.05) is 12.1 Å². The molecule has 3 N–H and O–H groups in total. The van der Waals surface area contributed by atoms with Crippen LogP contribution in [0.2, 0.25) is 0 Å². The lowest BCUT2D eigenvalue weighted by molar-refractivity contribution is -0.137. The molecular formula is C14H18F3N3O. The maximum atomic E-state index is 12.4. The zero-order chi connectivity index (χ0) is 15.3. The summed E-state index contributed by atoms with van der Waals surface area (Å²) < 4.78 is 37.2. The number of hydrogen-bond donors (Lipinski definition) is 3. The molecule has 0 spiro atoms. The van der Waals surface area contributed by atoms with E-state index in [1.807, 2.05) is 0 Å². The predicted octanol–water partition coefficient (Wildman–Crippen LogP) is 2.26. The number of halogens is 3. The highest BCUT2D eigenvalue weighted by molar-refractivity contribution is 5.74. The number of nitrogens with one attached hydrogen (secondary N) is 3. The van der Waals surface area contributed by atoms with Gasteiger partial charge in [0.1, 0.15) is 0 Å². The quantitative estimate of drug-likeness (QED) is 0.802. The Morgan fingerprint density at radius 1 is 1.19 bits per heavy atom. The fourth-order valence-electron chi connectivity index (χ4n) is 2.20. The van der Waals surface area contributed by atoms with Crippen molar-refractivity contribution in [1.29, 1.82) is 0 Å². The van der Waals surface area contributed by atoms with Gasteiger partial charge >= 0.3 is 12.2 Å². The summed E-state index contributed by atoms with van der Waals surface area (Å²) in [5.41, 5.74) is -0.0612. The summed E-state index contributed by atoms with van der Waals surface area (Å²) in [5.74, 6) is 0. The number of amides is 2. The number of urea groups is 1. The first-order valence-electron chi connectivity index (χ1n) is 6.86. The number of rotatable bonds is 3. The molecule has 1 saturated heterocycles. The van der Waals surface area contributed by atoms with Crippen LogP contribution in [-0.4, -0.2) is 25.2 Å². The molecule has 0 aliphatic carbocycles. The molecule has 0 unspecified atom stereocenters. The van der Waals surface area contributed by atoms with Crippen molar-refractivity contribution < 1.29 is 18.0 Å². The largest absolute Gasteiger partial charge is 0.416 e. The molecule has 1 aromatic carbocycles. The minimum Gasteiger partial charge on any atom is -0.335 e. The van der Waals surface area contributed by atoms with Crippen molar-refractivity contribution in [3.63, 3.8) is 0 Å². The van der Waals surface area contributed by atoms with Crippen molar-refractivity contribution in [1.82, 2.24) is 16.0 Å². The molecule has 2 rings (SSSR count). The molecule has 0 saturated carbocycles. The first kappa shape index (κ1) is 15.6. The molecule has 0 aromatic heterocycles.